The Morgan fingerprint density at radius 1 is 1.46 bits per heavy atom. The van der Waals surface area contributed by atoms with Gasteiger partial charge in [-0.2, -0.15) is 0 Å². The van der Waals surface area contributed by atoms with Crippen molar-refractivity contribution in [2.75, 3.05) is 13.1 Å². The fourth-order valence-electron chi connectivity index (χ4n) is 1.45. The molecule has 0 spiro atoms. The molecule has 1 aromatic rings. The first kappa shape index (κ1) is 8.91. The van der Waals surface area contributed by atoms with Crippen molar-refractivity contribution in [3.05, 3.63) is 34.1 Å². The fourth-order valence-corrected chi connectivity index (χ4v) is 1.83. The van der Waals surface area contributed by atoms with Gasteiger partial charge in [0.05, 0.1) is 0 Å². The van der Waals surface area contributed by atoms with Crippen LogP contribution in [0.1, 0.15) is 12.0 Å². The van der Waals surface area contributed by atoms with E-state index in [9.17, 15) is 0 Å². The van der Waals surface area contributed by atoms with Gasteiger partial charge in [-0.1, -0.05) is 11.6 Å². The summed E-state index contributed by atoms with van der Waals surface area (Å²) in [6.45, 7) is 2.12. The summed E-state index contributed by atoms with van der Waals surface area (Å²) in [6.07, 6.45) is 7.05. The van der Waals surface area contributed by atoms with E-state index in [1.54, 1.807) is 6.20 Å². The molecule has 1 aliphatic heterocycles. The first-order valence-electron chi connectivity index (χ1n) is 4.35. The zero-order chi connectivity index (χ0) is 9.10. The number of rotatable bonds is 1. The molecule has 1 aliphatic rings. The molecule has 0 aromatic carbocycles. The number of aromatic nitrogens is 1. The minimum atomic E-state index is 1.02. The van der Waals surface area contributed by atoms with E-state index in [2.05, 4.69) is 38.4 Å². The van der Waals surface area contributed by atoms with Gasteiger partial charge in [0.15, 0.2) is 0 Å². The van der Waals surface area contributed by atoms with Crippen LogP contribution in [0.4, 0.5) is 0 Å². The van der Waals surface area contributed by atoms with Gasteiger partial charge in [-0.15, -0.1) is 0 Å². The SMILES string of the molecule is Brc1cncc(/C=C2/CCNC2)c1. The molecule has 0 aliphatic carbocycles. The second kappa shape index (κ2) is 4.03. The largest absolute Gasteiger partial charge is 0.313 e. The van der Waals surface area contributed by atoms with E-state index in [1.807, 2.05) is 6.20 Å². The predicted octanol–water partition coefficient (Wildman–Crippen LogP) is 2.22. The molecule has 0 amide bonds. The molecule has 1 fully saturated rings. The number of pyridine rings is 1. The Bertz CT molecular complexity index is 325. The molecule has 0 bridgehead atoms. The lowest BCUT2D eigenvalue weighted by atomic mass is 10.1. The van der Waals surface area contributed by atoms with Crippen molar-refractivity contribution in [2.24, 2.45) is 0 Å². The van der Waals surface area contributed by atoms with Crippen LogP contribution in [0.15, 0.2) is 28.5 Å². The van der Waals surface area contributed by atoms with Crippen LogP contribution in [0.25, 0.3) is 6.08 Å². The smallest absolute Gasteiger partial charge is 0.0410 e. The normalized spacial score (nSPS) is 19.6. The monoisotopic (exact) mass is 238 g/mol. The highest BCUT2D eigenvalue weighted by Gasteiger charge is 2.04. The molecule has 3 heteroatoms. The summed E-state index contributed by atoms with van der Waals surface area (Å²) in [6, 6.07) is 2.08. The average molecular weight is 239 g/mol. The Hall–Kier alpha value is -0.670. The van der Waals surface area contributed by atoms with E-state index >= 15 is 0 Å². The van der Waals surface area contributed by atoms with E-state index in [4.69, 9.17) is 0 Å². The first-order valence-corrected chi connectivity index (χ1v) is 5.14. The third kappa shape index (κ3) is 2.39. The van der Waals surface area contributed by atoms with E-state index in [0.717, 1.165) is 24.0 Å². The molecule has 0 saturated carbocycles. The summed E-state index contributed by atoms with van der Waals surface area (Å²) in [5.74, 6) is 0. The molecule has 13 heavy (non-hydrogen) atoms. The van der Waals surface area contributed by atoms with Gasteiger partial charge in [-0.25, -0.2) is 0 Å². The van der Waals surface area contributed by atoms with E-state index in [1.165, 1.54) is 11.1 Å². The fraction of sp³-hybridized carbons (Fsp3) is 0.300. The lowest BCUT2D eigenvalue weighted by molar-refractivity contribution is 0.862. The zero-order valence-corrected chi connectivity index (χ0v) is 8.84. The third-order valence-electron chi connectivity index (χ3n) is 2.07. The van der Waals surface area contributed by atoms with Crippen molar-refractivity contribution < 1.29 is 0 Å². The van der Waals surface area contributed by atoms with E-state index in [0.29, 0.717) is 0 Å². The maximum Gasteiger partial charge on any atom is 0.0410 e. The van der Waals surface area contributed by atoms with Crippen LogP contribution >= 0.6 is 15.9 Å². The Balaban J connectivity index is 2.21. The number of hydrogen-bond donors (Lipinski definition) is 1. The zero-order valence-electron chi connectivity index (χ0n) is 7.26. The van der Waals surface area contributed by atoms with Crippen LogP contribution in [0.3, 0.4) is 0 Å². The van der Waals surface area contributed by atoms with Crippen LogP contribution in [-0.2, 0) is 0 Å². The standard InChI is InChI=1S/C10H11BrN2/c11-10-4-9(6-13-7-10)3-8-1-2-12-5-8/h3-4,6-7,12H,1-2,5H2/b8-3-. The molecular formula is C10H11BrN2. The van der Waals surface area contributed by atoms with Gasteiger partial charge in [0.2, 0.25) is 0 Å². The van der Waals surface area contributed by atoms with Gasteiger partial charge in [0, 0.05) is 23.4 Å². The molecule has 2 nitrogen and oxygen atoms in total. The molecule has 2 heterocycles. The number of nitrogens with one attached hydrogen (secondary N) is 1. The molecule has 1 saturated heterocycles. The number of halogens is 1. The minimum absolute atomic E-state index is 1.02. The van der Waals surface area contributed by atoms with Gasteiger partial charge >= 0.3 is 0 Å². The van der Waals surface area contributed by atoms with Crippen LogP contribution in [0, 0.1) is 0 Å². The minimum Gasteiger partial charge on any atom is -0.313 e. The predicted molar refractivity (Wildman–Crippen MR) is 57.4 cm³/mol. The molecule has 68 valence electrons. The van der Waals surface area contributed by atoms with Gasteiger partial charge in [-0.3, -0.25) is 4.98 Å². The number of nitrogens with zero attached hydrogens (tertiary/aromatic N) is 1. The van der Waals surface area contributed by atoms with Crippen molar-refractivity contribution in [1.82, 2.24) is 10.3 Å². The first-order chi connectivity index (χ1) is 6.34. The Morgan fingerprint density at radius 3 is 3.08 bits per heavy atom. The molecular weight excluding hydrogens is 228 g/mol. The highest BCUT2D eigenvalue weighted by atomic mass is 79.9. The molecule has 2 rings (SSSR count). The van der Waals surface area contributed by atoms with Crippen LogP contribution in [0.2, 0.25) is 0 Å². The second-order valence-electron chi connectivity index (χ2n) is 3.17. The van der Waals surface area contributed by atoms with Crippen molar-refractivity contribution >= 4 is 22.0 Å². The Morgan fingerprint density at radius 2 is 2.38 bits per heavy atom. The van der Waals surface area contributed by atoms with Gasteiger partial charge in [0.25, 0.3) is 0 Å². The average Bonchev–Trinajstić information content (AvgIpc) is 2.57. The van der Waals surface area contributed by atoms with Gasteiger partial charge in [-0.05, 0) is 40.5 Å². The highest BCUT2D eigenvalue weighted by Crippen LogP contribution is 2.15. The van der Waals surface area contributed by atoms with Crippen LogP contribution < -0.4 is 5.32 Å². The summed E-state index contributed by atoms with van der Waals surface area (Å²) in [5, 5.41) is 3.31. The Kier molecular flexibility index (Phi) is 2.76. The molecule has 1 aromatic heterocycles. The van der Waals surface area contributed by atoms with E-state index in [-0.39, 0.29) is 0 Å². The van der Waals surface area contributed by atoms with Crippen molar-refractivity contribution in [3.63, 3.8) is 0 Å². The molecule has 0 radical (unpaired) electrons. The highest BCUT2D eigenvalue weighted by molar-refractivity contribution is 9.10. The van der Waals surface area contributed by atoms with Crippen molar-refractivity contribution in [1.29, 1.82) is 0 Å². The maximum atomic E-state index is 4.11. The quantitative estimate of drug-likeness (QED) is 0.812. The van der Waals surface area contributed by atoms with Crippen molar-refractivity contribution in [2.45, 2.75) is 6.42 Å². The molecule has 0 unspecified atom stereocenters. The van der Waals surface area contributed by atoms with Gasteiger partial charge in [0.1, 0.15) is 0 Å². The molecule has 0 atom stereocenters. The summed E-state index contributed by atoms with van der Waals surface area (Å²) in [7, 11) is 0. The van der Waals surface area contributed by atoms with Gasteiger partial charge < -0.3 is 5.32 Å². The van der Waals surface area contributed by atoms with E-state index < -0.39 is 0 Å². The lowest BCUT2D eigenvalue weighted by Gasteiger charge is -1.96. The summed E-state index contributed by atoms with van der Waals surface area (Å²) in [4.78, 5) is 4.11. The topological polar surface area (TPSA) is 24.9 Å². The lowest BCUT2D eigenvalue weighted by Crippen LogP contribution is -2.04. The summed E-state index contributed by atoms with van der Waals surface area (Å²) < 4.78 is 1.04. The maximum absolute atomic E-state index is 4.11. The third-order valence-corrected chi connectivity index (χ3v) is 2.51. The van der Waals surface area contributed by atoms with Crippen molar-refractivity contribution in [3.8, 4) is 0 Å². The summed E-state index contributed by atoms with van der Waals surface area (Å²) >= 11 is 3.40. The molecule has 1 N–H and O–H groups in total. The van der Waals surface area contributed by atoms with Crippen LogP contribution in [0.5, 0.6) is 0 Å². The number of hydrogen-bond acceptors (Lipinski definition) is 2. The second-order valence-corrected chi connectivity index (χ2v) is 4.08. The Labute approximate surface area is 86.2 Å². The summed E-state index contributed by atoms with van der Waals surface area (Å²) in [5.41, 5.74) is 2.63. The van der Waals surface area contributed by atoms with Crippen LogP contribution in [-0.4, -0.2) is 18.1 Å².